The zero-order valence-corrected chi connectivity index (χ0v) is 18.6. The molecule has 0 radical (unpaired) electrons. The summed E-state index contributed by atoms with van der Waals surface area (Å²) < 4.78 is 0. The number of amides is 2. The van der Waals surface area contributed by atoms with E-state index in [1.165, 1.54) is 5.56 Å². The normalized spacial score (nSPS) is 18.3. The standard InChI is InChI=1S/C24H29ClN4O2/c1-18(26-20-9-10-22(21(25)16-20)29-11-5-8-23(29)30)24(31)28-14-12-27(13-15-28)17-19-6-3-2-4-7-19/h2-4,6-7,9-10,16,18,26H,5,8,11-15,17H2,1H3. The van der Waals surface area contributed by atoms with Crippen LogP contribution >= 0.6 is 11.6 Å². The SMILES string of the molecule is CC(Nc1ccc(N2CCCC2=O)c(Cl)c1)C(=O)N1CCN(Cc2ccccc2)CC1. The molecule has 7 heteroatoms. The van der Waals surface area contributed by atoms with Gasteiger partial charge in [0.2, 0.25) is 11.8 Å². The van der Waals surface area contributed by atoms with E-state index < -0.39 is 0 Å². The Kier molecular flexibility index (Phi) is 6.78. The van der Waals surface area contributed by atoms with Crippen LogP contribution in [-0.4, -0.2) is 60.4 Å². The average molecular weight is 441 g/mol. The molecule has 1 N–H and O–H groups in total. The quantitative estimate of drug-likeness (QED) is 0.745. The van der Waals surface area contributed by atoms with Gasteiger partial charge in [0, 0.05) is 51.4 Å². The van der Waals surface area contributed by atoms with Crippen molar-refractivity contribution in [3.05, 3.63) is 59.1 Å². The van der Waals surface area contributed by atoms with Gasteiger partial charge >= 0.3 is 0 Å². The lowest BCUT2D eigenvalue weighted by Gasteiger charge is -2.36. The summed E-state index contributed by atoms with van der Waals surface area (Å²) in [4.78, 5) is 31.0. The topological polar surface area (TPSA) is 55.9 Å². The molecule has 2 aromatic rings. The van der Waals surface area contributed by atoms with Crippen molar-refractivity contribution in [2.45, 2.75) is 32.4 Å². The van der Waals surface area contributed by atoms with Gasteiger partial charge in [-0.3, -0.25) is 14.5 Å². The summed E-state index contributed by atoms with van der Waals surface area (Å²) in [5.41, 5.74) is 2.82. The highest BCUT2D eigenvalue weighted by Gasteiger charge is 2.26. The van der Waals surface area contributed by atoms with Crippen molar-refractivity contribution in [2.24, 2.45) is 0 Å². The monoisotopic (exact) mass is 440 g/mol. The van der Waals surface area contributed by atoms with Crippen LogP contribution < -0.4 is 10.2 Å². The van der Waals surface area contributed by atoms with Crippen molar-refractivity contribution in [3.8, 4) is 0 Å². The van der Waals surface area contributed by atoms with E-state index in [1.807, 2.05) is 30.0 Å². The van der Waals surface area contributed by atoms with Gasteiger partial charge in [0.15, 0.2) is 0 Å². The molecule has 2 aliphatic rings. The van der Waals surface area contributed by atoms with Gasteiger partial charge in [-0.25, -0.2) is 0 Å². The second kappa shape index (κ2) is 9.71. The van der Waals surface area contributed by atoms with E-state index in [0.717, 1.165) is 50.5 Å². The first-order valence-electron chi connectivity index (χ1n) is 10.9. The summed E-state index contributed by atoms with van der Waals surface area (Å²) >= 11 is 6.43. The lowest BCUT2D eigenvalue weighted by molar-refractivity contribution is -0.133. The molecule has 164 valence electrons. The number of rotatable bonds is 6. The third-order valence-electron chi connectivity index (χ3n) is 6.00. The molecule has 0 aromatic heterocycles. The van der Waals surface area contributed by atoms with Crippen LogP contribution in [0.3, 0.4) is 0 Å². The van der Waals surface area contributed by atoms with E-state index in [9.17, 15) is 9.59 Å². The second-order valence-electron chi connectivity index (χ2n) is 8.27. The Hall–Kier alpha value is -2.57. The molecular weight excluding hydrogens is 412 g/mol. The van der Waals surface area contributed by atoms with Crippen molar-refractivity contribution >= 4 is 34.8 Å². The molecule has 2 saturated heterocycles. The van der Waals surface area contributed by atoms with Crippen molar-refractivity contribution in [1.29, 1.82) is 0 Å². The zero-order valence-electron chi connectivity index (χ0n) is 17.9. The number of carbonyl (C=O) groups excluding carboxylic acids is 2. The summed E-state index contributed by atoms with van der Waals surface area (Å²) in [6, 6.07) is 15.6. The van der Waals surface area contributed by atoms with Crippen LogP contribution in [0.4, 0.5) is 11.4 Å². The van der Waals surface area contributed by atoms with Crippen molar-refractivity contribution in [2.75, 3.05) is 42.9 Å². The minimum Gasteiger partial charge on any atom is -0.374 e. The molecule has 1 atom stereocenters. The Labute approximate surface area is 188 Å². The summed E-state index contributed by atoms with van der Waals surface area (Å²) in [5.74, 6) is 0.201. The first kappa shape index (κ1) is 21.7. The van der Waals surface area contributed by atoms with Gasteiger partial charge in [-0.1, -0.05) is 41.9 Å². The van der Waals surface area contributed by atoms with Crippen molar-refractivity contribution in [3.63, 3.8) is 0 Å². The number of halogens is 1. The first-order valence-corrected chi connectivity index (χ1v) is 11.3. The summed E-state index contributed by atoms with van der Waals surface area (Å²) in [5, 5.41) is 3.79. The van der Waals surface area contributed by atoms with Crippen LogP contribution in [0.5, 0.6) is 0 Å². The molecule has 6 nitrogen and oxygen atoms in total. The van der Waals surface area contributed by atoms with Gasteiger partial charge in [-0.2, -0.15) is 0 Å². The Balaban J connectivity index is 1.30. The summed E-state index contributed by atoms with van der Waals surface area (Å²) in [7, 11) is 0. The van der Waals surface area contributed by atoms with Gasteiger partial charge in [0.1, 0.15) is 6.04 Å². The lowest BCUT2D eigenvalue weighted by atomic mass is 10.2. The number of nitrogens with zero attached hydrogens (tertiary/aromatic N) is 3. The minimum atomic E-state index is -0.351. The predicted octanol–water partition coefficient (Wildman–Crippen LogP) is 3.61. The summed E-state index contributed by atoms with van der Waals surface area (Å²) in [6.45, 7) is 6.71. The fraction of sp³-hybridized carbons (Fsp3) is 0.417. The van der Waals surface area contributed by atoms with Gasteiger partial charge in [-0.15, -0.1) is 0 Å². The van der Waals surface area contributed by atoms with Gasteiger partial charge in [0.25, 0.3) is 0 Å². The number of anilines is 2. The van der Waals surface area contributed by atoms with Crippen LogP contribution in [0.15, 0.2) is 48.5 Å². The number of carbonyl (C=O) groups is 2. The molecule has 0 bridgehead atoms. The van der Waals surface area contributed by atoms with Gasteiger partial charge in [-0.05, 0) is 37.1 Å². The van der Waals surface area contributed by atoms with Crippen molar-refractivity contribution < 1.29 is 9.59 Å². The van der Waals surface area contributed by atoms with Gasteiger partial charge < -0.3 is 15.1 Å². The highest BCUT2D eigenvalue weighted by atomic mass is 35.5. The lowest BCUT2D eigenvalue weighted by Crippen LogP contribution is -2.51. The highest BCUT2D eigenvalue weighted by molar-refractivity contribution is 6.34. The molecule has 2 fully saturated rings. The van der Waals surface area contributed by atoms with Crippen LogP contribution in [-0.2, 0) is 16.1 Å². The number of hydrogen-bond acceptors (Lipinski definition) is 4. The Morgan fingerprint density at radius 2 is 1.81 bits per heavy atom. The van der Waals surface area contributed by atoms with E-state index in [2.05, 4.69) is 34.5 Å². The summed E-state index contributed by atoms with van der Waals surface area (Å²) in [6.07, 6.45) is 1.43. The zero-order chi connectivity index (χ0) is 21.8. The molecule has 0 aliphatic carbocycles. The predicted molar refractivity (Wildman–Crippen MR) is 124 cm³/mol. The molecule has 0 spiro atoms. The first-order chi connectivity index (χ1) is 15.0. The highest BCUT2D eigenvalue weighted by Crippen LogP contribution is 2.32. The fourth-order valence-electron chi connectivity index (χ4n) is 4.27. The molecule has 31 heavy (non-hydrogen) atoms. The molecule has 2 aliphatic heterocycles. The van der Waals surface area contributed by atoms with Crippen LogP contribution in [0, 0.1) is 0 Å². The third kappa shape index (κ3) is 5.20. The maximum atomic E-state index is 12.9. The van der Waals surface area contributed by atoms with Crippen LogP contribution in [0.1, 0.15) is 25.3 Å². The molecule has 2 heterocycles. The number of benzene rings is 2. The van der Waals surface area contributed by atoms with Crippen LogP contribution in [0.2, 0.25) is 5.02 Å². The van der Waals surface area contributed by atoms with E-state index >= 15 is 0 Å². The Morgan fingerprint density at radius 3 is 2.45 bits per heavy atom. The number of nitrogens with one attached hydrogen (secondary N) is 1. The molecular formula is C24H29ClN4O2. The van der Waals surface area contributed by atoms with E-state index in [0.29, 0.717) is 18.0 Å². The van der Waals surface area contributed by atoms with Crippen LogP contribution in [0.25, 0.3) is 0 Å². The van der Waals surface area contributed by atoms with Crippen molar-refractivity contribution in [1.82, 2.24) is 9.80 Å². The van der Waals surface area contributed by atoms with E-state index in [4.69, 9.17) is 11.6 Å². The molecule has 1 unspecified atom stereocenters. The molecule has 2 aromatic carbocycles. The Morgan fingerprint density at radius 1 is 1.06 bits per heavy atom. The fourth-order valence-corrected chi connectivity index (χ4v) is 4.55. The Bertz CT molecular complexity index is 928. The molecule has 0 saturated carbocycles. The third-order valence-corrected chi connectivity index (χ3v) is 6.30. The largest absolute Gasteiger partial charge is 0.374 e. The maximum absolute atomic E-state index is 12.9. The smallest absolute Gasteiger partial charge is 0.244 e. The second-order valence-corrected chi connectivity index (χ2v) is 8.68. The average Bonchev–Trinajstić information content (AvgIpc) is 3.20. The molecule has 2 amide bonds. The minimum absolute atomic E-state index is 0.0919. The van der Waals surface area contributed by atoms with E-state index in [1.54, 1.807) is 11.0 Å². The van der Waals surface area contributed by atoms with Gasteiger partial charge in [0.05, 0.1) is 10.7 Å². The molecule has 4 rings (SSSR count). The van der Waals surface area contributed by atoms with E-state index in [-0.39, 0.29) is 17.9 Å². The maximum Gasteiger partial charge on any atom is 0.244 e. The number of hydrogen-bond donors (Lipinski definition) is 1. The number of piperazine rings is 1.